The summed E-state index contributed by atoms with van der Waals surface area (Å²) < 4.78 is 4.82. The van der Waals surface area contributed by atoms with Gasteiger partial charge in [0.05, 0.1) is 38.3 Å². The Kier molecular flexibility index (Phi) is 6.59. The topological polar surface area (TPSA) is 124 Å². The Morgan fingerprint density at radius 2 is 1.80 bits per heavy atom. The van der Waals surface area contributed by atoms with Crippen LogP contribution in [0, 0.1) is 5.92 Å². The van der Waals surface area contributed by atoms with Crippen LogP contribution in [0.3, 0.4) is 0 Å². The fourth-order valence-electron chi connectivity index (χ4n) is 1.07. The number of ether oxygens (including phenoxy) is 1. The minimum atomic E-state index is -1.35. The molecule has 4 N–H and O–H groups in total. The van der Waals surface area contributed by atoms with E-state index in [1.807, 2.05) is 0 Å². The number of carboxylic acids is 2. The molecule has 0 aromatic heterocycles. The lowest BCUT2D eigenvalue weighted by atomic mass is 9.99. The number of aliphatic hydroxyl groups excluding tert-OH is 2. The molecule has 2 atom stereocenters. The molecule has 0 amide bonds. The van der Waals surface area contributed by atoms with Crippen molar-refractivity contribution < 1.29 is 34.8 Å². The SMILES string of the molecule is O=C(O)CC(C(=O)O)C(CO)OCCO. The Morgan fingerprint density at radius 3 is 2.13 bits per heavy atom. The monoisotopic (exact) mass is 222 g/mol. The van der Waals surface area contributed by atoms with Crippen LogP contribution in [0.4, 0.5) is 0 Å². The summed E-state index contributed by atoms with van der Waals surface area (Å²) in [5, 5.41) is 34.4. The van der Waals surface area contributed by atoms with Crippen molar-refractivity contribution in [3.8, 4) is 0 Å². The van der Waals surface area contributed by atoms with Crippen LogP contribution in [-0.2, 0) is 14.3 Å². The highest BCUT2D eigenvalue weighted by Gasteiger charge is 2.30. The number of aliphatic hydroxyl groups is 2. The van der Waals surface area contributed by atoms with Crippen LogP contribution >= 0.6 is 0 Å². The Balaban J connectivity index is 4.40. The molecule has 0 bridgehead atoms. The summed E-state index contributed by atoms with van der Waals surface area (Å²) in [6.45, 7) is -1.07. The average molecular weight is 222 g/mol. The fourth-order valence-corrected chi connectivity index (χ4v) is 1.07. The van der Waals surface area contributed by atoms with Crippen LogP contribution in [0.15, 0.2) is 0 Å². The van der Waals surface area contributed by atoms with Gasteiger partial charge in [0.2, 0.25) is 0 Å². The quantitative estimate of drug-likeness (QED) is 0.395. The standard InChI is InChI=1S/C8H14O7/c9-1-2-15-6(4-10)5(8(13)14)3-7(11)12/h5-6,9-10H,1-4H2,(H,11,12)(H,13,14). The van der Waals surface area contributed by atoms with Gasteiger partial charge in [0.25, 0.3) is 0 Å². The first-order valence-electron chi connectivity index (χ1n) is 4.30. The lowest BCUT2D eigenvalue weighted by molar-refractivity contribution is -0.156. The van der Waals surface area contributed by atoms with Gasteiger partial charge in [-0.25, -0.2) is 0 Å². The van der Waals surface area contributed by atoms with Gasteiger partial charge in [0.15, 0.2) is 0 Å². The number of hydrogen-bond donors (Lipinski definition) is 4. The number of carboxylic acid groups (broad SMARTS) is 2. The molecule has 0 heterocycles. The van der Waals surface area contributed by atoms with E-state index in [1.54, 1.807) is 0 Å². The molecule has 0 rings (SSSR count). The van der Waals surface area contributed by atoms with Gasteiger partial charge >= 0.3 is 11.9 Å². The first-order chi connectivity index (χ1) is 7.02. The van der Waals surface area contributed by atoms with Crippen LogP contribution in [0.1, 0.15) is 6.42 Å². The summed E-state index contributed by atoms with van der Waals surface area (Å²) >= 11 is 0. The molecule has 0 spiro atoms. The zero-order valence-electron chi connectivity index (χ0n) is 8.00. The Bertz CT molecular complexity index is 215. The molecule has 0 aliphatic rings. The number of aliphatic carboxylic acids is 2. The van der Waals surface area contributed by atoms with Crippen molar-refractivity contribution in [3.05, 3.63) is 0 Å². The van der Waals surface area contributed by atoms with Crippen molar-refractivity contribution in [3.63, 3.8) is 0 Å². The van der Waals surface area contributed by atoms with Gasteiger partial charge in [-0.15, -0.1) is 0 Å². The molecule has 0 fully saturated rings. The van der Waals surface area contributed by atoms with E-state index >= 15 is 0 Å². The smallest absolute Gasteiger partial charge is 0.309 e. The lowest BCUT2D eigenvalue weighted by Crippen LogP contribution is -2.36. The molecule has 0 saturated carbocycles. The molecule has 0 saturated heterocycles. The van der Waals surface area contributed by atoms with E-state index in [1.165, 1.54) is 0 Å². The Hall–Kier alpha value is -1.18. The van der Waals surface area contributed by atoms with Crippen molar-refractivity contribution in [2.45, 2.75) is 12.5 Å². The maximum absolute atomic E-state index is 10.7. The van der Waals surface area contributed by atoms with Gasteiger partial charge in [-0.1, -0.05) is 0 Å². The second-order valence-electron chi connectivity index (χ2n) is 2.86. The molecule has 0 aromatic carbocycles. The van der Waals surface area contributed by atoms with E-state index in [9.17, 15) is 9.59 Å². The molecule has 7 nitrogen and oxygen atoms in total. The zero-order valence-corrected chi connectivity index (χ0v) is 8.00. The van der Waals surface area contributed by atoms with E-state index in [4.69, 9.17) is 25.2 Å². The predicted molar refractivity (Wildman–Crippen MR) is 47.3 cm³/mol. The van der Waals surface area contributed by atoms with E-state index in [0.717, 1.165) is 0 Å². The molecule has 0 aliphatic heterocycles. The minimum absolute atomic E-state index is 0.144. The molecule has 0 aliphatic carbocycles. The van der Waals surface area contributed by atoms with E-state index in [-0.39, 0.29) is 13.2 Å². The van der Waals surface area contributed by atoms with Crippen molar-refractivity contribution in [1.82, 2.24) is 0 Å². The normalized spacial score (nSPS) is 14.5. The highest BCUT2D eigenvalue weighted by molar-refractivity contribution is 5.78. The van der Waals surface area contributed by atoms with Gasteiger partial charge < -0.3 is 25.2 Å². The van der Waals surface area contributed by atoms with Crippen LogP contribution < -0.4 is 0 Å². The number of carbonyl (C=O) groups is 2. The fraction of sp³-hybridized carbons (Fsp3) is 0.750. The molecule has 88 valence electrons. The molecule has 2 unspecified atom stereocenters. The second kappa shape index (κ2) is 7.16. The number of hydrogen-bond acceptors (Lipinski definition) is 5. The summed E-state index contributed by atoms with van der Waals surface area (Å²) in [7, 11) is 0. The zero-order chi connectivity index (χ0) is 11.8. The van der Waals surface area contributed by atoms with Crippen molar-refractivity contribution in [1.29, 1.82) is 0 Å². The third kappa shape index (κ3) is 5.31. The van der Waals surface area contributed by atoms with Gasteiger partial charge in [-0.05, 0) is 0 Å². The van der Waals surface area contributed by atoms with Crippen molar-refractivity contribution in [2.24, 2.45) is 5.92 Å². The minimum Gasteiger partial charge on any atom is -0.481 e. The Labute approximate surface area is 85.9 Å². The molecule has 0 aromatic rings. The summed E-state index contributed by atoms with van der Waals surface area (Å²) in [4.78, 5) is 21.0. The average Bonchev–Trinajstić information content (AvgIpc) is 2.16. The third-order valence-electron chi connectivity index (χ3n) is 1.76. The van der Waals surface area contributed by atoms with E-state index in [0.29, 0.717) is 0 Å². The highest BCUT2D eigenvalue weighted by Crippen LogP contribution is 2.13. The van der Waals surface area contributed by atoms with Crippen LogP contribution in [0.5, 0.6) is 0 Å². The highest BCUT2D eigenvalue weighted by atomic mass is 16.5. The van der Waals surface area contributed by atoms with Crippen LogP contribution in [0.25, 0.3) is 0 Å². The molecular weight excluding hydrogens is 208 g/mol. The largest absolute Gasteiger partial charge is 0.481 e. The Morgan fingerprint density at radius 1 is 1.20 bits per heavy atom. The van der Waals surface area contributed by atoms with E-state index in [2.05, 4.69) is 0 Å². The molecular formula is C8H14O7. The van der Waals surface area contributed by atoms with Gasteiger partial charge in [0, 0.05) is 0 Å². The van der Waals surface area contributed by atoms with Crippen LogP contribution in [0.2, 0.25) is 0 Å². The summed E-state index contributed by atoms with van der Waals surface area (Å²) in [5.74, 6) is -3.96. The third-order valence-corrected chi connectivity index (χ3v) is 1.76. The van der Waals surface area contributed by atoms with Gasteiger partial charge in [-0.3, -0.25) is 9.59 Å². The van der Waals surface area contributed by atoms with Gasteiger partial charge in [0.1, 0.15) is 0 Å². The first kappa shape index (κ1) is 13.8. The summed E-state index contributed by atoms with van der Waals surface area (Å²) in [6.07, 6.45) is -1.75. The lowest BCUT2D eigenvalue weighted by Gasteiger charge is -2.20. The van der Waals surface area contributed by atoms with Crippen LogP contribution in [-0.4, -0.2) is 58.3 Å². The van der Waals surface area contributed by atoms with Gasteiger partial charge in [-0.2, -0.15) is 0 Å². The van der Waals surface area contributed by atoms with E-state index < -0.39 is 37.0 Å². The van der Waals surface area contributed by atoms with Crippen molar-refractivity contribution >= 4 is 11.9 Å². The maximum atomic E-state index is 10.7. The summed E-state index contributed by atoms with van der Waals surface area (Å²) in [6, 6.07) is 0. The maximum Gasteiger partial charge on any atom is 0.309 e. The number of rotatable bonds is 8. The molecule has 15 heavy (non-hydrogen) atoms. The predicted octanol–water partition coefficient (Wildman–Crippen LogP) is -1.47. The summed E-state index contributed by atoms with van der Waals surface area (Å²) in [5.41, 5.74) is 0. The molecule has 7 heteroatoms. The van der Waals surface area contributed by atoms with Crippen molar-refractivity contribution in [2.75, 3.05) is 19.8 Å². The second-order valence-corrected chi connectivity index (χ2v) is 2.86. The first-order valence-corrected chi connectivity index (χ1v) is 4.30. The molecule has 0 radical (unpaired) electrons.